The molecule has 26 heavy (non-hydrogen) atoms. The van der Waals surface area contributed by atoms with Gasteiger partial charge in [0.25, 0.3) is 5.89 Å². The van der Waals surface area contributed by atoms with Crippen LogP contribution in [-0.4, -0.2) is 35.4 Å². The fourth-order valence-corrected chi connectivity index (χ4v) is 3.50. The molecule has 3 aromatic rings. The first-order valence-electron chi connectivity index (χ1n) is 7.47. The van der Waals surface area contributed by atoms with Crippen LogP contribution in [0.2, 0.25) is 5.02 Å². The summed E-state index contributed by atoms with van der Waals surface area (Å²) >= 11 is 5.74. The minimum absolute atomic E-state index is 0.0210. The predicted molar refractivity (Wildman–Crippen MR) is 91.2 cm³/mol. The van der Waals surface area contributed by atoms with E-state index in [1.165, 1.54) is 36.5 Å². The molecule has 0 saturated heterocycles. The van der Waals surface area contributed by atoms with Crippen molar-refractivity contribution in [3.8, 4) is 11.7 Å². The highest BCUT2D eigenvalue weighted by atomic mass is 35.5. The van der Waals surface area contributed by atoms with Crippen molar-refractivity contribution in [1.82, 2.24) is 15.4 Å². The van der Waals surface area contributed by atoms with Crippen molar-refractivity contribution in [2.45, 2.75) is 17.7 Å². The van der Waals surface area contributed by atoms with Crippen LogP contribution in [0.15, 0.2) is 50.4 Å². The fraction of sp³-hybridized carbons (Fsp3) is 0.200. The second-order valence-corrected chi connectivity index (χ2v) is 7.76. The lowest BCUT2D eigenvalue weighted by atomic mass is 10.3. The van der Waals surface area contributed by atoms with Gasteiger partial charge in [-0.3, -0.25) is 10.1 Å². The minimum Gasteiger partial charge on any atom is -0.400 e. The number of aromatic nitrogens is 3. The predicted octanol–water partition coefficient (Wildman–Crippen LogP) is 2.57. The molecule has 11 heteroatoms. The summed E-state index contributed by atoms with van der Waals surface area (Å²) < 4.78 is 34.4. The van der Waals surface area contributed by atoms with Gasteiger partial charge in [0.1, 0.15) is 0 Å². The number of rotatable bonds is 7. The Morgan fingerprint density at radius 2 is 1.92 bits per heavy atom. The molecule has 1 amide bonds. The Bertz CT molecular complexity index is 983. The molecule has 1 N–H and O–H groups in total. The van der Waals surface area contributed by atoms with Crippen LogP contribution in [-0.2, 0) is 14.6 Å². The number of hydrogen-bond donors (Lipinski definition) is 1. The van der Waals surface area contributed by atoms with E-state index in [0.717, 1.165) is 0 Å². The average Bonchev–Trinajstić information content (AvgIpc) is 3.26. The Kier molecular flexibility index (Phi) is 5.33. The fourth-order valence-electron chi connectivity index (χ4n) is 2.06. The van der Waals surface area contributed by atoms with E-state index in [1.807, 2.05) is 0 Å². The maximum Gasteiger partial charge on any atom is 0.322 e. The van der Waals surface area contributed by atoms with Crippen LogP contribution in [0.1, 0.15) is 12.8 Å². The third kappa shape index (κ3) is 4.46. The summed E-state index contributed by atoms with van der Waals surface area (Å²) in [6.07, 6.45) is 1.53. The maximum atomic E-state index is 12.2. The maximum absolute atomic E-state index is 12.2. The van der Waals surface area contributed by atoms with Gasteiger partial charge in [-0.1, -0.05) is 21.9 Å². The molecule has 0 spiro atoms. The largest absolute Gasteiger partial charge is 0.400 e. The van der Waals surface area contributed by atoms with E-state index in [2.05, 4.69) is 20.7 Å². The molecule has 0 aliphatic rings. The van der Waals surface area contributed by atoms with Crippen LogP contribution >= 0.6 is 11.6 Å². The van der Waals surface area contributed by atoms with Crippen LogP contribution < -0.4 is 5.32 Å². The van der Waals surface area contributed by atoms with Crippen molar-refractivity contribution in [3.05, 3.63) is 41.6 Å². The molecular weight excluding hydrogens is 384 g/mol. The molecule has 0 saturated carbocycles. The van der Waals surface area contributed by atoms with Gasteiger partial charge in [-0.25, -0.2) is 8.42 Å². The number of carbonyl (C=O) groups excluding carboxylic acids is 1. The van der Waals surface area contributed by atoms with Gasteiger partial charge in [0.15, 0.2) is 9.84 Å². The van der Waals surface area contributed by atoms with Crippen molar-refractivity contribution in [2.75, 3.05) is 11.1 Å². The van der Waals surface area contributed by atoms with Crippen LogP contribution in [0, 0.1) is 0 Å². The highest BCUT2D eigenvalue weighted by Gasteiger charge is 2.17. The molecular formula is C15H13ClN4O5S. The lowest BCUT2D eigenvalue weighted by Crippen LogP contribution is -2.14. The van der Waals surface area contributed by atoms with Gasteiger partial charge < -0.3 is 8.94 Å². The summed E-state index contributed by atoms with van der Waals surface area (Å²) in [5.74, 6) is -0.269. The van der Waals surface area contributed by atoms with Gasteiger partial charge >= 0.3 is 6.01 Å². The second kappa shape index (κ2) is 7.67. The number of carbonyl (C=O) groups is 1. The monoisotopic (exact) mass is 396 g/mol. The number of sulfone groups is 1. The summed E-state index contributed by atoms with van der Waals surface area (Å²) in [5, 5.41) is 13.7. The van der Waals surface area contributed by atoms with Gasteiger partial charge in [0.2, 0.25) is 11.7 Å². The molecule has 0 bridgehead atoms. The summed E-state index contributed by atoms with van der Waals surface area (Å²) in [4.78, 5) is 12.1. The standard InChI is InChI=1S/C15H13ClN4O5S/c16-10-3-5-11(6-4-10)26(22,23)9-1-2-13(21)18-15-20-19-14(24-15)12-7-8-17-25-12/h3-8H,1-2,9H2,(H,18,20,21). The van der Waals surface area contributed by atoms with E-state index in [0.29, 0.717) is 5.02 Å². The zero-order chi connectivity index (χ0) is 18.6. The normalized spacial score (nSPS) is 11.4. The molecule has 0 atom stereocenters. The summed E-state index contributed by atoms with van der Waals surface area (Å²) in [6.45, 7) is 0. The summed E-state index contributed by atoms with van der Waals surface area (Å²) in [7, 11) is -3.48. The van der Waals surface area contributed by atoms with E-state index in [9.17, 15) is 13.2 Å². The highest BCUT2D eigenvalue weighted by Crippen LogP contribution is 2.19. The summed E-state index contributed by atoms with van der Waals surface area (Å²) in [6, 6.07) is 7.29. The SMILES string of the molecule is O=C(CCCS(=O)(=O)c1ccc(Cl)cc1)Nc1nnc(-c2ccno2)o1. The van der Waals surface area contributed by atoms with Gasteiger partial charge in [-0.15, -0.1) is 5.10 Å². The van der Waals surface area contributed by atoms with E-state index >= 15 is 0 Å². The quantitative estimate of drug-likeness (QED) is 0.645. The lowest BCUT2D eigenvalue weighted by Gasteiger charge is -2.04. The number of nitrogens with zero attached hydrogens (tertiary/aromatic N) is 3. The number of hydrogen-bond acceptors (Lipinski definition) is 8. The van der Waals surface area contributed by atoms with Crippen LogP contribution in [0.25, 0.3) is 11.7 Å². The topological polar surface area (TPSA) is 128 Å². The van der Waals surface area contributed by atoms with Gasteiger partial charge in [-0.05, 0) is 30.7 Å². The number of amides is 1. The van der Waals surface area contributed by atoms with Crippen LogP contribution in [0.3, 0.4) is 0 Å². The molecule has 2 aromatic heterocycles. The van der Waals surface area contributed by atoms with Crippen LogP contribution in [0.4, 0.5) is 6.01 Å². The van der Waals surface area contributed by atoms with Gasteiger partial charge in [-0.2, -0.15) is 0 Å². The first kappa shape index (κ1) is 18.1. The van der Waals surface area contributed by atoms with Crippen LogP contribution in [0.5, 0.6) is 0 Å². The van der Waals surface area contributed by atoms with E-state index in [-0.39, 0.29) is 41.2 Å². The Morgan fingerprint density at radius 3 is 2.62 bits per heavy atom. The number of halogens is 1. The Morgan fingerprint density at radius 1 is 1.15 bits per heavy atom. The highest BCUT2D eigenvalue weighted by molar-refractivity contribution is 7.91. The van der Waals surface area contributed by atoms with Crippen molar-refractivity contribution in [3.63, 3.8) is 0 Å². The molecule has 3 rings (SSSR count). The number of anilines is 1. The smallest absolute Gasteiger partial charge is 0.322 e. The Hall–Kier alpha value is -2.72. The summed E-state index contributed by atoms with van der Waals surface area (Å²) in [5.41, 5.74) is 0. The van der Waals surface area contributed by atoms with E-state index in [1.54, 1.807) is 0 Å². The van der Waals surface area contributed by atoms with Crippen molar-refractivity contribution >= 4 is 33.4 Å². The molecule has 2 heterocycles. The van der Waals surface area contributed by atoms with Gasteiger partial charge in [0.05, 0.1) is 16.8 Å². The first-order valence-corrected chi connectivity index (χ1v) is 9.50. The molecule has 9 nitrogen and oxygen atoms in total. The molecule has 1 aromatic carbocycles. The lowest BCUT2D eigenvalue weighted by molar-refractivity contribution is -0.116. The average molecular weight is 397 g/mol. The first-order chi connectivity index (χ1) is 12.4. The second-order valence-electron chi connectivity index (χ2n) is 5.21. The Balaban J connectivity index is 1.50. The molecule has 0 fully saturated rings. The van der Waals surface area contributed by atoms with Crippen molar-refractivity contribution in [2.24, 2.45) is 0 Å². The number of nitrogens with one attached hydrogen (secondary N) is 1. The molecule has 0 unspecified atom stereocenters. The third-order valence-electron chi connectivity index (χ3n) is 3.31. The third-order valence-corrected chi connectivity index (χ3v) is 5.38. The molecule has 0 aliphatic carbocycles. The molecule has 0 aliphatic heterocycles. The van der Waals surface area contributed by atoms with Gasteiger partial charge in [0, 0.05) is 17.5 Å². The van der Waals surface area contributed by atoms with Crippen molar-refractivity contribution in [1.29, 1.82) is 0 Å². The molecule has 0 radical (unpaired) electrons. The van der Waals surface area contributed by atoms with E-state index < -0.39 is 15.7 Å². The minimum atomic E-state index is -3.48. The van der Waals surface area contributed by atoms with E-state index in [4.69, 9.17) is 20.5 Å². The zero-order valence-electron chi connectivity index (χ0n) is 13.3. The number of benzene rings is 1. The molecule has 136 valence electrons. The zero-order valence-corrected chi connectivity index (χ0v) is 14.8. The Labute approximate surface area is 153 Å². The van der Waals surface area contributed by atoms with Crippen molar-refractivity contribution < 1.29 is 22.2 Å².